The fourth-order valence-corrected chi connectivity index (χ4v) is 2.74. The molecule has 5 nitrogen and oxygen atoms in total. The Morgan fingerprint density at radius 1 is 0.962 bits per heavy atom. The van der Waals surface area contributed by atoms with Gasteiger partial charge in [0.05, 0.1) is 5.56 Å². The first-order chi connectivity index (χ1) is 12.4. The molecule has 0 spiro atoms. The molecule has 0 saturated heterocycles. The maximum atomic E-state index is 12.0. The number of rotatable bonds is 7. The molecule has 2 rings (SSSR count). The van der Waals surface area contributed by atoms with Crippen molar-refractivity contribution in [1.82, 2.24) is 10.6 Å². The minimum Gasteiger partial charge on any atom is -0.483 e. The Bertz CT molecular complexity index is 806. The Morgan fingerprint density at radius 2 is 1.62 bits per heavy atom. The zero-order chi connectivity index (χ0) is 19.1. The molecule has 0 radical (unpaired) electrons. The van der Waals surface area contributed by atoms with Crippen LogP contribution < -0.4 is 15.4 Å². The van der Waals surface area contributed by atoms with Crippen LogP contribution in [-0.4, -0.2) is 31.5 Å². The number of nitrogens with one attached hydrogen (secondary N) is 2. The van der Waals surface area contributed by atoms with Crippen LogP contribution in [0.4, 0.5) is 0 Å². The topological polar surface area (TPSA) is 67.4 Å². The highest BCUT2D eigenvalue weighted by molar-refractivity contribution is 7.80. The average Bonchev–Trinajstić information content (AvgIpc) is 2.62. The zero-order valence-corrected chi connectivity index (χ0v) is 16.2. The fraction of sp³-hybridized carbons (Fsp3) is 0.300. The van der Waals surface area contributed by atoms with Crippen LogP contribution in [0.3, 0.4) is 0 Å². The fourth-order valence-electron chi connectivity index (χ4n) is 2.48. The molecule has 0 aromatic heterocycles. The van der Waals surface area contributed by atoms with Crippen LogP contribution in [0.15, 0.2) is 41.3 Å². The molecular weight excluding hydrogens is 348 g/mol. The van der Waals surface area contributed by atoms with Gasteiger partial charge in [0, 0.05) is 18.0 Å². The number of thiol groups is 1. The second-order valence-electron chi connectivity index (χ2n) is 6.07. The van der Waals surface area contributed by atoms with Crippen LogP contribution in [-0.2, 0) is 4.79 Å². The van der Waals surface area contributed by atoms with E-state index in [9.17, 15) is 9.59 Å². The van der Waals surface area contributed by atoms with Gasteiger partial charge in [0.2, 0.25) is 0 Å². The van der Waals surface area contributed by atoms with Crippen molar-refractivity contribution in [3.05, 3.63) is 58.7 Å². The zero-order valence-electron chi connectivity index (χ0n) is 15.3. The van der Waals surface area contributed by atoms with E-state index < -0.39 is 0 Å². The molecule has 2 aromatic rings. The molecule has 138 valence electrons. The highest BCUT2D eigenvalue weighted by atomic mass is 32.1. The first-order valence-corrected chi connectivity index (χ1v) is 8.87. The normalized spacial score (nSPS) is 10.3. The number of benzene rings is 2. The van der Waals surface area contributed by atoms with Crippen LogP contribution in [0.5, 0.6) is 5.75 Å². The predicted octanol–water partition coefficient (Wildman–Crippen LogP) is 2.83. The number of hydrogen-bond acceptors (Lipinski definition) is 4. The van der Waals surface area contributed by atoms with E-state index in [1.165, 1.54) is 0 Å². The van der Waals surface area contributed by atoms with Gasteiger partial charge in [-0.25, -0.2) is 0 Å². The van der Waals surface area contributed by atoms with Crippen LogP contribution >= 0.6 is 12.6 Å². The molecule has 0 aliphatic rings. The summed E-state index contributed by atoms with van der Waals surface area (Å²) >= 11 is 4.25. The molecule has 26 heavy (non-hydrogen) atoms. The van der Waals surface area contributed by atoms with Crippen molar-refractivity contribution in [3.8, 4) is 5.75 Å². The lowest BCUT2D eigenvalue weighted by Gasteiger charge is -2.14. The minimum absolute atomic E-state index is 0.0570. The summed E-state index contributed by atoms with van der Waals surface area (Å²) in [5.41, 5.74) is 3.67. The molecule has 0 saturated carbocycles. The molecule has 2 N–H and O–H groups in total. The number of aryl methyl sites for hydroxylation is 2. The van der Waals surface area contributed by atoms with Crippen LogP contribution in [0.25, 0.3) is 0 Å². The first-order valence-electron chi connectivity index (χ1n) is 8.42. The van der Waals surface area contributed by atoms with Gasteiger partial charge in [-0.2, -0.15) is 0 Å². The highest BCUT2D eigenvalue weighted by Gasteiger charge is 2.10. The quantitative estimate of drug-likeness (QED) is 0.517. The summed E-state index contributed by atoms with van der Waals surface area (Å²) in [6.45, 7) is 6.54. The van der Waals surface area contributed by atoms with Gasteiger partial charge in [-0.3, -0.25) is 9.59 Å². The summed E-state index contributed by atoms with van der Waals surface area (Å²) in [6.07, 6.45) is 0. The summed E-state index contributed by atoms with van der Waals surface area (Å²) in [5, 5.41) is 5.48. The summed E-state index contributed by atoms with van der Waals surface area (Å²) < 4.78 is 5.66. The highest BCUT2D eigenvalue weighted by Crippen LogP contribution is 2.25. The lowest BCUT2D eigenvalue weighted by atomic mass is 10.1. The number of amides is 2. The molecule has 6 heteroatoms. The van der Waals surface area contributed by atoms with Crippen molar-refractivity contribution in [2.24, 2.45) is 0 Å². The number of carbonyl (C=O) groups is 2. The van der Waals surface area contributed by atoms with E-state index in [1.54, 1.807) is 18.2 Å². The van der Waals surface area contributed by atoms with Gasteiger partial charge in [0.1, 0.15) is 5.75 Å². The Hall–Kier alpha value is -2.47. The van der Waals surface area contributed by atoms with Crippen LogP contribution in [0.2, 0.25) is 0 Å². The molecule has 0 heterocycles. The smallest absolute Gasteiger partial charge is 0.258 e. The first kappa shape index (κ1) is 19.8. The van der Waals surface area contributed by atoms with Gasteiger partial charge >= 0.3 is 0 Å². The van der Waals surface area contributed by atoms with Crippen molar-refractivity contribution < 1.29 is 14.3 Å². The Labute approximate surface area is 159 Å². The van der Waals surface area contributed by atoms with Crippen molar-refractivity contribution >= 4 is 24.4 Å². The lowest BCUT2D eigenvalue weighted by Crippen LogP contribution is -2.37. The van der Waals surface area contributed by atoms with E-state index >= 15 is 0 Å². The maximum absolute atomic E-state index is 12.0. The van der Waals surface area contributed by atoms with E-state index in [-0.39, 0.29) is 18.4 Å². The van der Waals surface area contributed by atoms with Crippen LogP contribution in [0.1, 0.15) is 27.0 Å². The van der Waals surface area contributed by atoms with Gasteiger partial charge in [0.15, 0.2) is 6.61 Å². The van der Waals surface area contributed by atoms with E-state index in [4.69, 9.17) is 4.74 Å². The predicted molar refractivity (Wildman–Crippen MR) is 105 cm³/mol. The van der Waals surface area contributed by atoms with E-state index in [0.29, 0.717) is 23.5 Å². The van der Waals surface area contributed by atoms with Gasteiger partial charge in [-0.1, -0.05) is 24.3 Å². The maximum Gasteiger partial charge on any atom is 0.258 e. The summed E-state index contributed by atoms with van der Waals surface area (Å²) in [4.78, 5) is 24.6. The van der Waals surface area contributed by atoms with E-state index in [2.05, 4.69) is 23.3 Å². The summed E-state index contributed by atoms with van der Waals surface area (Å²) in [5.74, 6) is 0.306. The van der Waals surface area contributed by atoms with Crippen molar-refractivity contribution in [3.63, 3.8) is 0 Å². The molecule has 0 bridgehead atoms. The molecule has 0 unspecified atom stereocenters. The number of hydrogen-bond donors (Lipinski definition) is 3. The molecule has 0 fully saturated rings. The molecule has 0 aliphatic carbocycles. The van der Waals surface area contributed by atoms with Crippen molar-refractivity contribution in [2.75, 3.05) is 19.7 Å². The molecule has 2 amide bonds. The third-order valence-corrected chi connectivity index (χ3v) is 4.49. The van der Waals surface area contributed by atoms with Gasteiger partial charge < -0.3 is 15.4 Å². The molecular formula is C20H24N2O3S. The Morgan fingerprint density at radius 3 is 2.35 bits per heavy atom. The molecule has 0 atom stereocenters. The lowest BCUT2D eigenvalue weighted by molar-refractivity contribution is -0.123. The average molecular weight is 372 g/mol. The van der Waals surface area contributed by atoms with Crippen LogP contribution in [0, 0.1) is 20.8 Å². The molecule has 0 aliphatic heterocycles. The van der Waals surface area contributed by atoms with E-state index in [1.807, 2.05) is 39.0 Å². The monoisotopic (exact) mass is 372 g/mol. The van der Waals surface area contributed by atoms with Crippen molar-refractivity contribution in [2.45, 2.75) is 25.7 Å². The second kappa shape index (κ2) is 9.29. The summed E-state index contributed by atoms with van der Waals surface area (Å²) in [7, 11) is 0. The minimum atomic E-state index is -0.228. The molecule has 2 aromatic carbocycles. The summed E-state index contributed by atoms with van der Waals surface area (Å²) in [6, 6.07) is 11.1. The van der Waals surface area contributed by atoms with Gasteiger partial charge in [-0.15, -0.1) is 12.6 Å². The van der Waals surface area contributed by atoms with Crippen molar-refractivity contribution in [1.29, 1.82) is 0 Å². The largest absolute Gasteiger partial charge is 0.483 e. The third-order valence-electron chi connectivity index (χ3n) is 4.10. The van der Waals surface area contributed by atoms with E-state index in [0.717, 1.165) is 22.4 Å². The second-order valence-corrected chi connectivity index (χ2v) is 6.55. The number of carbonyl (C=O) groups excluding carboxylic acids is 2. The number of ether oxygens (including phenoxy) is 1. The SMILES string of the molecule is Cc1ccc(C)c(OCC(=O)NCCNC(=O)c2ccccc2S)c1C. The Balaban J connectivity index is 1.74. The third kappa shape index (κ3) is 5.26. The van der Waals surface area contributed by atoms with Gasteiger partial charge in [-0.05, 0) is 49.6 Å². The Kier molecular flexibility index (Phi) is 7.09. The van der Waals surface area contributed by atoms with Gasteiger partial charge in [0.25, 0.3) is 11.8 Å². The standard InChI is InChI=1S/C20H24N2O3S/c1-13-8-9-14(2)19(15(13)3)25-12-18(23)21-10-11-22-20(24)16-6-4-5-7-17(16)26/h4-9,26H,10-12H2,1-3H3,(H,21,23)(H,22,24).